The van der Waals surface area contributed by atoms with Gasteiger partial charge in [0.2, 0.25) is 0 Å². The van der Waals surface area contributed by atoms with Crippen LogP contribution < -0.4 is 21.3 Å². The van der Waals surface area contributed by atoms with Crippen LogP contribution in [-0.4, -0.2) is 25.7 Å². The lowest BCUT2D eigenvalue weighted by atomic mass is 9.93. The van der Waals surface area contributed by atoms with Crippen LogP contribution in [0.2, 0.25) is 0 Å². The van der Waals surface area contributed by atoms with Gasteiger partial charge in [0.15, 0.2) is 0 Å². The van der Waals surface area contributed by atoms with Crippen LogP contribution in [0.15, 0.2) is 90.7 Å². The summed E-state index contributed by atoms with van der Waals surface area (Å²) in [5, 5.41) is 6.52. The molecule has 0 spiro atoms. The van der Waals surface area contributed by atoms with Crippen molar-refractivity contribution in [2.75, 3.05) is 23.8 Å². The molecule has 8 heteroatoms. The Bertz CT molecular complexity index is 1440. The number of aryl methyl sites for hydroxylation is 2. The van der Waals surface area contributed by atoms with Crippen LogP contribution in [0.3, 0.4) is 0 Å². The standard InChI is InChI=1S/C33H37F3N4O/c1-21-11-12-22(2)29(15-21)31(38-20-24-13-14-24)26-8-6-9-27(18-26)39-32(41)30(16-23(3)33(34,35)36)40(4)28-10-5-7-25(17-28)19-37/h5-12,15-18,24,31,38H,3,13-14,19-20,37H2,1-2,4H3,(H,39,41)/b30-16-. The zero-order valence-corrected chi connectivity index (χ0v) is 23.7. The van der Waals surface area contributed by atoms with E-state index < -0.39 is 17.7 Å². The van der Waals surface area contributed by atoms with Crippen molar-refractivity contribution in [2.24, 2.45) is 11.7 Å². The molecular weight excluding hydrogens is 525 g/mol. The normalized spacial score (nSPS) is 14.5. The number of anilines is 2. The molecule has 1 atom stereocenters. The number of nitrogens with zero attached hydrogens (tertiary/aromatic N) is 1. The van der Waals surface area contributed by atoms with Crippen molar-refractivity contribution in [3.63, 3.8) is 0 Å². The number of carbonyl (C=O) groups is 1. The molecule has 1 unspecified atom stereocenters. The zero-order chi connectivity index (χ0) is 29.7. The molecule has 4 N–H and O–H groups in total. The smallest absolute Gasteiger partial charge is 0.340 e. The average Bonchev–Trinajstić information content (AvgIpc) is 3.77. The number of carbonyl (C=O) groups excluding carboxylic acids is 1. The number of hydrogen-bond acceptors (Lipinski definition) is 4. The van der Waals surface area contributed by atoms with E-state index in [1.807, 2.05) is 24.3 Å². The summed E-state index contributed by atoms with van der Waals surface area (Å²) >= 11 is 0. The third kappa shape index (κ3) is 7.86. The van der Waals surface area contributed by atoms with Gasteiger partial charge in [-0.15, -0.1) is 0 Å². The molecule has 41 heavy (non-hydrogen) atoms. The Morgan fingerprint density at radius 2 is 1.83 bits per heavy atom. The van der Waals surface area contributed by atoms with E-state index >= 15 is 0 Å². The third-order valence-electron chi connectivity index (χ3n) is 7.33. The summed E-state index contributed by atoms with van der Waals surface area (Å²) in [4.78, 5) is 15.0. The highest BCUT2D eigenvalue weighted by Crippen LogP contribution is 2.33. The van der Waals surface area contributed by atoms with Gasteiger partial charge in [0.1, 0.15) is 5.70 Å². The maximum Gasteiger partial charge on any atom is 0.415 e. The lowest BCUT2D eigenvalue weighted by Crippen LogP contribution is -2.29. The molecule has 1 amide bonds. The fraction of sp³-hybridized carbons (Fsp3) is 0.303. The van der Waals surface area contributed by atoms with Crippen LogP contribution in [0.25, 0.3) is 0 Å². The first kappa shape index (κ1) is 30.1. The zero-order valence-electron chi connectivity index (χ0n) is 23.7. The Hall–Kier alpha value is -3.88. The predicted molar refractivity (Wildman–Crippen MR) is 160 cm³/mol. The van der Waals surface area contributed by atoms with Gasteiger partial charge in [-0.05, 0) is 91.7 Å². The Balaban J connectivity index is 1.66. The van der Waals surface area contributed by atoms with Crippen molar-refractivity contribution in [1.82, 2.24) is 5.32 Å². The van der Waals surface area contributed by atoms with Gasteiger partial charge in [-0.25, -0.2) is 0 Å². The Labute approximate surface area is 239 Å². The lowest BCUT2D eigenvalue weighted by molar-refractivity contribution is -0.112. The van der Waals surface area contributed by atoms with E-state index in [-0.39, 0.29) is 18.3 Å². The summed E-state index contributed by atoms with van der Waals surface area (Å²) < 4.78 is 40.4. The molecule has 5 nitrogen and oxygen atoms in total. The number of nitrogens with one attached hydrogen (secondary N) is 2. The SMILES string of the molecule is C=C(/C=C(/C(=O)Nc1cccc(C(NCC2CC2)c2cc(C)ccc2C)c1)N(C)c1cccc(CN)c1)C(F)(F)F. The number of likely N-dealkylation sites (N-methyl/N-ethyl adjacent to an activating group) is 1. The molecule has 1 aliphatic carbocycles. The highest BCUT2D eigenvalue weighted by molar-refractivity contribution is 6.06. The van der Waals surface area contributed by atoms with Gasteiger partial charge in [-0.1, -0.05) is 54.6 Å². The number of alkyl halides is 3. The second-order valence-electron chi connectivity index (χ2n) is 10.7. The number of rotatable bonds is 11. The number of halogens is 3. The maximum atomic E-state index is 13.5. The first-order valence-corrected chi connectivity index (χ1v) is 13.7. The fourth-order valence-electron chi connectivity index (χ4n) is 4.67. The minimum absolute atomic E-state index is 0.103. The van der Waals surface area contributed by atoms with Gasteiger partial charge in [0.25, 0.3) is 5.91 Å². The van der Waals surface area contributed by atoms with Crippen molar-refractivity contribution >= 4 is 17.3 Å². The minimum Gasteiger partial charge on any atom is -0.340 e. The first-order chi connectivity index (χ1) is 19.5. The predicted octanol–water partition coefficient (Wildman–Crippen LogP) is 6.93. The summed E-state index contributed by atoms with van der Waals surface area (Å²) in [6.07, 6.45) is -1.49. The van der Waals surface area contributed by atoms with E-state index in [1.165, 1.54) is 17.7 Å². The molecule has 0 aromatic heterocycles. The highest BCUT2D eigenvalue weighted by Gasteiger charge is 2.32. The van der Waals surface area contributed by atoms with Crippen LogP contribution in [0.5, 0.6) is 0 Å². The fourth-order valence-corrected chi connectivity index (χ4v) is 4.67. The molecule has 0 aliphatic heterocycles. The summed E-state index contributed by atoms with van der Waals surface area (Å²) in [5.41, 5.74) is 10.6. The summed E-state index contributed by atoms with van der Waals surface area (Å²) in [7, 11) is 1.54. The number of amides is 1. The van der Waals surface area contributed by atoms with Crippen LogP contribution >= 0.6 is 0 Å². The van der Waals surface area contributed by atoms with Crippen molar-refractivity contribution in [3.05, 3.63) is 118 Å². The molecule has 0 radical (unpaired) electrons. The molecule has 4 rings (SSSR count). The molecule has 216 valence electrons. The molecule has 0 saturated heterocycles. The van der Waals surface area contributed by atoms with Crippen LogP contribution in [-0.2, 0) is 11.3 Å². The van der Waals surface area contributed by atoms with E-state index in [2.05, 4.69) is 49.3 Å². The molecular formula is C33H37F3N4O. The molecule has 0 bridgehead atoms. The lowest BCUT2D eigenvalue weighted by Gasteiger charge is -2.25. The van der Waals surface area contributed by atoms with Crippen molar-refractivity contribution < 1.29 is 18.0 Å². The van der Waals surface area contributed by atoms with Gasteiger partial charge in [-0.3, -0.25) is 4.79 Å². The highest BCUT2D eigenvalue weighted by atomic mass is 19.4. The van der Waals surface area contributed by atoms with E-state index in [0.717, 1.165) is 40.4 Å². The molecule has 1 saturated carbocycles. The van der Waals surface area contributed by atoms with Crippen molar-refractivity contribution in [1.29, 1.82) is 0 Å². The number of allylic oxidation sites excluding steroid dienone is 2. The first-order valence-electron chi connectivity index (χ1n) is 13.7. The van der Waals surface area contributed by atoms with Crippen molar-refractivity contribution in [3.8, 4) is 0 Å². The van der Waals surface area contributed by atoms with Crippen LogP contribution in [0.1, 0.15) is 46.7 Å². The largest absolute Gasteiger partial charge is 0.415 e. The van der Waals surface area contributed by atoms with Gasteiger partial charge >= 0.3 is 6.18 Å². The summed E-state index contributed by atoms with van der Waals surface area (Å²) in [6.45, 7) is 8.42. The van der Waals surface area contributed by atoms with E-state index in [1.54, 1.807) is 31.3 Å². The quantitative estimate of drug-likeness (QED) is 0.175. The van der Waals surface area contributed by atoms with Gasteiger partial charge < -0.3 is 21.3 Å². The van der Waals surface area contributed by atoms with Gasteiger partial charge in [0, 0.05) is 25.0 Å². The van der Waals surface area contributed by atoms with E-state index in [4.69, 9.17) is 5.73 Å². The van der Waals surface area contributed by atoms with Crippen LogP contribution in [0.4, 0.5) is 24.5 Å². The number of benzene rings is 3. The molecule has 1 aliphatic rings. The second kappa shape index (κ2) is 12.7. The second-order valence-corrected chi connectivity index (χ2v) is 10.7. The molecule has 3 aromatic rings. The number of nitrogens with two attached hydrogens (primary N) is 1. The molecule has 1 fully saturated rings. The monoisotopic (exact) mass is 562 g/mol. The summed E-state index contributed by atoms with van der Waals surface area (Å²) in [5.74, 6) is -0.0318. The number of hydrogen-bond donors (Lipinski definition) is 3. The molecule has 0 heterocycles. The third-order valence-corrected chi connectivity index (χ3v) is 7.33. The Morgan fingerprint density at radius 3 is 2.51 bits per heavy atom. The van der Waals surface area contributed by atoms with E-state index in [0.29, 0.717) is 17.3 Å². The Morgan fingerprint density at radius 1 is 1.10 bits per heavy atom. The van der Waals surface area contributed by atoms with Gasteiger partial charge in [0.05, 0.1) is 11.6 Å². The van der Waals surface area contributed by atoms with Gasteiger partial charge in [-0.2, -0.15) is 13.2 Å². The summed E-state index contributed by atoms with van der Waals surface area (Å²) in [6, 6.07) is 20.7. The maximum absolute atomic E-state index is 13.5. The Kier molecular flexibility index (Phi) is 9.35. The minimum atomic E-state index is -4.68. The topological polar surface area (TPSA) is 70.4 Å². The average molecular weight is 563 g/mol. The van der Waals surface area contributed by atoms with E-state index in [9.17, 15) is 18.0 Å². The molecule has 3 aromatic carbocycles. The van der Waals surface area contributed by atoms with Crippen LogP contribution in [0, 0.1) is 19.8 Å². The van der Waals surface area contributed by atoms with Crippen molar-refractivity contribution in [2.45, 2.75) is 45.5 Å².